The van der Waals surface area contributed by atoms with Crippen LogP contribution >= 0.6 is 0 Å². The summed E-state index contributed by atoms with van der Waals surface area (Å²) in [6, 6.07) is 10.7. The van der Waals surface area contributed by atoms with Crippen molar-refractivity contribution < 1.29 is 14.2 Å². The van der Waals surface area contributed by atoms with Crippen LogP contribution in [0.15, 0.2) is 0 Å². The van der Waals surface area contributed by atoms with Crippen molar-refractivity contribution in [3.63, 3.8) is 0 Å². The molecule has 3 nitrogen and oxygen atoms in total. The molecule has 0 spiro atoms. The molecule has 0 aliphatic rings. The largest absolute Gasteiger partial charge is 0.356 e. The van der Waals surface area contributed by atoms with Gasteiger partial charge in [0.15, 0.2) is 0 Å². The maximum Gasteiger partial charge on any atom is 0.149 e. The molecule has 0 rings (SSSR count). The van der Waals surface area contributed by atoms with E-state index >= 15 is 0 Å². The smallest absolute Gasteiger partial charge is 0.149 e. The molecule has 0 atom stereocenters. The SMILES string of the molecule is CC[Si](CC)(CC)CCOCOCOCC[Si](CC)(CC)CC. The molecule has 0 heterocycles. The van der Waals surface area contributed by atoms with E-state index in [2.05, 4.69) is 41.5 Å². The Kier molecular flexibility index (Phi) is 13.8. The topological polar surface area (TPSA) is 27.7 Å². The molecule has 0 N–H and O–H groups in total. The Bertz CT molecular complexity index is 224. The molecule has 0 aromatic carbocycles. The van der Waals surface area contributed by atoms with E-state index in [9.17, 15) is 0 Å². The highest BCUT2D eigenvalue weighted by Crippen LogP contribution is 2.25. The van der Waals surface area contributed by atoms with Gasteiger partial charge in [0, 0.05) is 13.2 Å². The second kappa shape index (κ2) is 13.6. The van der Waals surface area contributed by atoms with E-state index in [-0.39, 0.29) is 0 Å². The van der Waals surface area contributed by atoms with Crippen molar-refractivity contribution in [2.24, 2.45) is 0 Å². The zero-order chi connectivity index (χ0) is 17.6. The summed E-state index contributed by atoms with van der Waals surface area (Å²) in [6.45, 7) is 16.5. The van der Waals surface area contributed by atoms with Crippen molar-refractivity contribution in [1.82, 2.24) is 0 Å². The van der Waals surface area contributed by atoms with E-state index in [1.54, 1.807) is 0 Å². The van der Waals surface area contributed by atoms with Crippen molar-refractivity contribution in [1.29, 1.82) is 0 Å². The van der Waals surface area contributed by atoms with E-state index in [0.29, 0.717) is 13.6 Å². The summed E-state index contributed by atoms with van der Waals surface area (Å²) in [4.78, 5) is 0. The lowest BCUT2D eigenvalue weighted by atomic mass is 10.8. The highest BCUT2D eigenvalue weighted by Gasteiger charge is 2.26. The van der Waals surface area contributed by atoms with Crippen molar-refractivity contribution in [3.8, 4) is 0 Å². The zero-order valence-electron chi connectivity index (χ0n) is 16.7. The fourth-order valence-corrected chi connectivity index (χ4v) is 9.68. The molecule has 0 aromatic rings. The fourth-order valence-electron chi connectivity index (χ4n) is 3.41. The van der Waals surface area contributed by atoms with E-state index in [1.165, 1.54) is 48.4 Å². The molecule has 23 heavy (non-hydrogen) atoms. The van der Waals surface area contributed by atoms with Gasteiger partial charge >= 0.3 is 0 Å². The molecule has 0 saturated carbocycles. The van der Waals surface area contributed by atoms with Crippen molar-refractivity contribution in [2.45, 2.75) is 89.9 Å². The molecule has 0 bridgehead atoms. The predicted octanol–water partition coefficient (Wildman–Crippen LogP) is 5.97. The highest BCUT2D eigenvalue weighted by atomic mass is 28.3. The number of hydrogen-bond acceptors (Lipinski definition) is 3. The van der Waals surface area contributed by atoms with Gasteiger partial charge < -0.3 is 14.2 Å². The van der Waals surface area contributed by atoms with E-state index in [1.807, 2.05) is 0 Å². The van der Waals surface area contributed by atoms with Crippen molar-refractivity contribution in [3.05, 3.63) is 0 Å². The molecule has 0 aromatic heterocycles. The van der Waals surface area contributed by atoms with Crippen LogP contribution in [0.25, 0.3) is 0 Å². The summed E-state index contributed by atoms with van der Waals surface area (Å²) < 4.78 is 16.7. The maximum absolute atomic E-state index is 5.65. The normalized spacial score (nSPS) is 12.8. The van der Waals surface area contributed by atoms with Gasteiger partial charge in [-0.15, -0.1) is 0 Å². The van der Waals surface area contributed by atoms with E-state index in [4.69, 9.17) is 14.2 Å². The molecule has 0 fully saturated rings. The van der Waals surface area contributed by atoms with Crippen LogP contribution in [0.1, 0.15) is 41.5 Å². The van der Waals surface area contributed by atoms with Crippen LogP contribution in [-0.4, -0.2) is 42.9 Å². The Morgan fingerprint density at radius 1 is 0.478 bits per heavy atom. The standard InChI is InChI=1S/C18H42O3Si2/c1-7-22(8-2,9-3)15-13-19-17-21-18-20-14-16-23(10-4,11-5)12-6/h7-18H2,1-6H3. The zero-order valence-corrected chi connectivity index (χ0v) is 18.7. The lowest BCUT2D eigenvalue weighted by molar-refractivity contribution is -0.127. The minimum Gasteiger partial charge on any atom is -0.356 e. The first-order valence-corrected chi connectivity index (χ1v) is 15.5. The third-order valence-electron chi connectivity index (χ3n) is 6.39. The molecule has 0 radical (unpaired) electrons. The van der Waals surface area contributed by atoms with Crippen LogP contribution in [0.3, 0.4) is 0 Å². The molecule has 0 aliphatic carbocycles. The second-order valence-corrected chi connectivity index (χ2v) is 18.1. The summed E-state index contributed by atoms with van der Waals surface area (Å²) in [5.41, 5.74) is 0. The third kappa shape index (κ3) is 8.82. The molecule has 140 valence electrons. The van der Waals surface area contributed by atoms with Gasteiger partial charge in [0.25, 0.3) is 0 Å². The van der Waals surface area contributed by atoms with Gasteiger partial charge in [-0.3, -0.25) is 0 Å². The molecular weight excluding hydrogens is 320 g/mol. The number of hydrogen-bond donors (Lipinski definition) is 0. The first-order valence-electron chi connectivity index (χ1n) is 9.80. The van der Waals surface area contributed by atoms with Crippen LogP contribution in [0.4, 0.5) is 0 Å². The van der Waals surface area contributed by atoms with Crippen LogP contribution in [0, 0.1) is 0 Å². The Labute approximate surface area is 147 Å². The Balaban J connectivity index is 3.64. The molecule has 0 unspecified atom stereocenters. The minimum absolute atomic E-state index is 0.375. The van der Waals surface area contributed by atoms with Crippen LogP contribution in [0.5, 0.6) is 0 Å². The number of rotatable bonds is 16. The van der Waals surface area contributed by atoms with Crippen LogP contribution in [0.2, 0.25) is 48.4 Å². The summed E-state index contributed by atoms with van der Waals surface area (Å²) in [7, 11) is -2.08. The quantitative estimate of drug-likeness (QED) is 0.192. The second-order valence-electron chi connectivity index (χ2n) is 6.88. The highest BCUT2D eigenvalue weighted by molar-refractivity contribution is 6.80. The summed E-state index contributed by atoms with van der Waals surface area (Å²) >= 11 is 0. The first-order chi connectivity index (χ1) is 11.1. The maximum atomic E-state index is 5.65. The van der Waals surface area contributed by atoms with Crippen molar-refractivity contribution in [2.75, 3.05) is 26.8 Å². The van der Waals surface area contributed by atoms with Gasteiger partial charge in [0.05, 0.1) is 16.1 Å². The average Bonchev–Trinajstić information content (AvgIpc) is 2.61. The first kappa shape index (κ1) is 23.3. The molecule has 0 amide bonds. The number of ether oxygens (including phenoxy) is 3. The van der Waals surface area contributed by atoms with Gasteiger partial charge in [0.1, 0.15) is 13.6 Å². The van der Waals surface area contributed by atoms with Crippen LogP contribution < -0.4 is 0 Å². The Morgan fingerprint density at radius 2 is 0.783 bits per heavy atom. The molecular formula is C18H42O3Si2. The van der Waals surface area contributed by atoms with Gasteiger partial charge in [-0.05, 0) is 12.1 Å². The molecule has 0 aliphatic heterocycles. The Hall–Kier alpha value is 0.314. The monoisotopic (exact) mass is 362 g/mol. The molecule has 5 heteroatoms. The van der Waals surface area contributed by atoms with Gasteiger partial charge in [-0.25, -0.2) is 0 Å². The lowest BCUT2D eigenvalue weighted by Crippen LogP contribution is -2.33. The van der Waals surface area contributed by atoms with Crippen LogP contribution in [-0.2, 0) is 14.2 Å². The van der Waals surface area contributed by atoms with Gasteiger partial charge in [-0.2, -0.15) is 0 Å². The van der Waals surface area contributed by atoms with Gasteiger partial charge in [-0.1, -0.05) is 77.8 Å². The van der Waals surface area contributed by atoms with Gasteiger partial charge in [0.2, 0.25) is 0 Å². The summed E-state index contributed by atoms with van der Waals surface area (Å²) in [6.07, 6.45) is 0. The molecule has 0 saturated heterocycles. The lowest BCUT2D eigenvalue weighted by Gasteiger charge is -2.28. The van der Waals surface area contributed by atoms with E-state index in [0.717, 1.165) is 13.2 Å². The van der Waals surface area contributed by atoms with Crippen molar-refractivity contribution >= 4 is 16.1 Å². The summed E-state index contributed by atoms with van der Waals surface area (Å²) in [5, 5.41) is 0. The fraction of sp³-hybridized carbons (Fsp3) is 1.00. The average molecular weight is 363 g/mol. The van der Waals surface area contributed by atoms with E-state index < -0.39 is 16.1 Å². The predicted molar refractivity (Wildman–Crippen MR) is 107 cm³/mol. The minimum atomic E-state index is -1.04. The summed E-state index contributed by atoms with van der Waals surface area (Å²) in [5.74, 6) is 0. The third-order valence-corrected chi connectivity index (χ3v) is 17.9. The Morgan fingerprint density at radius 3 is 1.04 bits per heavy atom.